The highest BCUT2D eigenvalue weighted by atomic mass is 16.5. The minimum atomic E-state index is 0.778. The number of aryl methyl sites for hydroxylation is 1. The fraction of sp³-hybridized carbons (Fsp3) is 0.533. The molecule has 0 heterocycles. The van der Waals surface area contributed by atoms with E-state index in [4.69, 9.17) is 4.74 Å². The van der Waals surface area contributed by atoms with Crippen LogP contribution in [0.4, 0.5) is 5.69 Å². The summed E-state index contributed by atoms with van der Waals surface area (Å²) in [6.07, 6.45) is 2.64. The summed E-state index contributed by atoms with van der Waals surface area (Å²) in [7, 11) is 1.63. The summed E-state index contributed by atoms with van der Waals surface area (Å²) < 4.78 is 5.08. The highest BCUT2D eigenvalue weighted by Crippen LogP contribution is 2.27. The number of benzene rings is 1. The molecule has 0 saturated heterocycles. The van der Waals surface area contributed by atoms with Crippen molar-refractivity contribution in [2.45, 2.75) is 47.5 Å². The predicted octanol–water partition coefficient (Wildman–Crippen LogP) is 5.17. The van der Waals surface area contributed by atoms with Gasteiger partial charge in [0.15, 0.2) is 0 Å². The van der Waals surface area contributed by atoms with E-state index >= 15 is 0 Å². The third kappa shape index (κ3) is 8.49. The van der Waals surface area contributed by atoms with Gasteiger partial charge in [-0.3, -0.25) is 4.99 Å². The standard InChI is InChI=1S/C9H11NO.C4H10.C2H6/c1-7-4-5-8(10-2)9(6-7)11-3;1-3-4-2;1-2/h4-6H,2H2,1,3H3;3-4H2,1-2H3;1-2H3. The average molecular weight is 237 g/mol. The summed E-state index contributed by atoms with van der Waals surface area (Å²) in [4.78, 5) is 3.81. The molecule has 1 aromatic rings. The molecule has 0 bridgehead atoms. The van der Waals surface area contributed by atoms with E-state index in [0.29, 0.717) is 0 Å². The lowest BCUT2D eigenvalue weighted by Crippen LogP contribution is -1.83. The molecule has 0 spiro atoms. The van der Waals surface area contributed by atoms with Crippen molar-refractivity contribution in [3.63, 3.8) is 0 Å². The molecule has 0 saturated carbocycles. The van der Waals surface area contributed by atoms with E-state index in [-0.39, 0.29) is 0 Å². The Labute approximate surface area is 107 Å². The number of rotatable bonds is 3. The van der Waals surface area contributed by atoms with Gasteiger partial charge in [0.2, 0.25) is 0 Å². The van der Waals surface area contributed by atoms with Gasteiger partial charge in [-0.1, -0.05) is 46.6 Å². The molecule has 0 unspecified atom stereocenters. The van der Waals surface area contributed by atoms with Crippen LogP contribution in [-0.4, -0.2) is 13.8 Å². The van der Waals surface area contributed by atoms with Crippen molar-refractivity contribution < 1.29 is 4.74 Å². The lowest BCUT2D eigenvalue weighted by Gasteiger charge is -2.03. The summed E-state index contributed by atoms with van der Waals surface area (Å²) >= 11 is 0. The van der Waals surface area contributed by atoms with Crippen molar-refractivity contribution in [3.05, 3.63) is 23.8 Å². The van der Waals surface area contributed by atoms with E-state index < -0.39 is 0 Å². The van der Waals surface area contributed by atoms with Gasteiger partial charge in [0.05, 0.1) is 7.11 Å². The van der Waals surface area contributed by atoms with Crippen LogP contribution in [0.25, 0.3) is 0 Å². The molecule has 1 aromatic carbocycles. The van der Waals surface area contributed by atoms with Gasteiger partial charge in [-0.25, -0.2) is 0 Å². The lowest BCUT2D eigenvalue weighted by atomic mass is 10.2. The molecule has 0 atom stereocenters. The molecular formula is C15H27NO. The molecule has 0 radical (unpaired) electrons. The van der Waals surface area contributed by atoms with Crippen LogP contribution in [0, 0.1) is 6.92 Å². The lowest BCUT2D eigenvalue weighted by molar-refractivity contribution is 0.416. The molecule has 98 valence electrons. The second kappa shape index (κ2) is 12.8. The Balaban J connectivity index is 0. The van der Waals surface area contributed by atoms with Gasteiger partial charge >= 0.3 is 0 Å². The molecule has 2 nitrogen and oxygen atoms in total. The maximum Gasteiger partial charge on any atom is 0.144 e. The zero-order valence-electron chi connectivity index (χ0n) is 12.2. The molecule has 0 aliphatic carbocycles. The first-order chi connectivity index (χ1) is 8.19. The van der Waals surface area contributed by atoms with Crippen LogP contribution in [0.2, 0.25) is 0 Å². The second-order valence-electron chi connectivity index (χ2n) is 3.33. The van der Waals surface area contributed by atoms with Crippen molar-refractivity contribution in [1.82, 2.24) is 0 Å². The number of aliphatic imine (C=N–C) groups is 1. The van der Waals surface area contributed by atoms with Crippen LogP contribution in [0.5, 0.6) is 5.75 Å². The van der Waals surface area contributed by atoms with Crippen molar-refractivity contribution in [3.8, 4) is 5.75 Å². The molecule has 17 heavy (non-hydrogen) atoms. The van der Waals surface area contributed by atoms with Crippen molar-refractivity contribution in [2.24, 2.45) is 4.99 Å². The van der Waals surface area contributed by atoms with Gasteiger partial charge in [-0.2, -0.15) is 0 Å². The third-order valence-electron chi connectivity index (χ3n) is 2.01. The predicted molar refractivity (Wildman–Crippen MR) is 78.9 cm³/mol. The normalized spacial score (nSPS) is 8.12. The van der Waals surface area contributed by atoms with Crippen molar-refractivity contribution in [2.75, 3.05) is 7.11 Å². The molecule has 2 heteroatoms. The molecule has 1 rings (SSSR count). The molecule has 0 amide bonds. The molecular weight excluding hydrogens is 210 g/mol. The van der Waals surface area contributed by atoms with E-state index in [2.05, 4.69) is 25.6 Å². The largest absolute Gasteiger partial charge is 0.494 e. The van der Waals surface area contributed by atoms with Gasteiger partial charge < -0.3 is 4.74 Å². The van der Waals surface area contributed by atoms with Crippen molar-refractivity contribution >= 4 is 12.4 Å². The molecule has 0 aromatic heterocycles. The minimum absolute atomic E-state index is 0.778. The Morgan fingerprint density at radius 1 is 1.18 bits per heavy atom. The summed E-state index contributed by atoms with van der Waals surface area (Å²) in [5.74, 6) is 0.778. The van der Waals surface area contributed by atoms with Crippen molar-refractivity contribution in [1.29, 1.82) is 0 Å². The van der Waals surface area contributed by atoms with E-state index in [1.54, 1.807) is 7.11 Å². The first kappa shape index (κ1) is 18.1. The fourth-order valence-corrected chi connectivity index (χ4v) is 0.915. The Hall–Kier alpha value is -1.31. The smallest absolute Gasteiger partial charge is 0.144 e. The minimum Gasteiger partial charge on any atom is -0.494 e. The summed E-state index contributed by atoms with van der Waals surface area (Å²) in [5, 5.41) is 0. The van der Waals surface area contributed by atoms with Crippen LogP contribution < -0.4 is 4.74 Å². The summed E-state index contributed by atoms with van der Waals surface area (Å²) in [6.45, 7) is 13.8. The first-order valence-corrected chi connectivity index (χ1v) is 6.30. The van der Waals surface area contributed by atoms with Crippen LogP contribution >= 0.6 is 0 Å². The average Bonchev–Trinajstić information content (AvgIpc) is 2.41. The van der Waals surface area contributed by atoms with Crippen LogP contribution in [0.1, 0.15) is 46.1 Å². The highest BCUT2D eigenvalue weighted by Gasteiger charge is 1.98. The van der Waals surface area contributed by atoms with Crippen LogP contribution in [-0.2, 0) is 0 Å². The van der Waals surface area contributed by atoms with E-state index in [9.17, 15) is 0 Å². The monoisotopic (exact) mass is 237 g/mol. The SMILES string of the molecule is C=Nc1ccc(C)cc1OC.CC.CCCC. The fourth-order valence-electron chi connectivity index (χ4n) is 0.915. The maximum absolute atomic E-state index is 5.08. The number of hydrogen-bond acceptors (Lipinski definition) is 2. The zero-order valence-corrected chi connectivity index (χ0v) is 12.2. The number of methoxy groups -OCH3 is 1. The topological polar surface area (TPSA) is 21.6 Å². The summed E-state index contributed by atoms with van der Waals surface area (Å²) in [5.41, 5.74) is 1.95. The van der Waals surface area contributed by atoms with Gasteiger partial charge in [-0.15, -0.1) is 0 Å². The molecule has 0 fully saturated rings. The Bertz CT molecular complexity index is 293. The Morgan fingerprint density at radius 2 is 1.71 bits per heavy atom. The Morgan fingerprint density at radius 3 is 2.06 bits per heavy atom. The number of unbranched alkanes of at least 4 members (excludes halogenated alkanes) is 1. The first-order valence-electron chi connectivity index (χ1n) is 6.30. The quantitative estimate of drug-likeness (QED) is 0.665. The second-order valence-corrected chi connectivity index (χ2v) is 3.33. The molecule has 0 N–H and O–H groups in total. The van der Waals surface area contributed by atoms with Crippen LogP contribution in [0.3, 0.4) is 0 Å². The third-order valence-corrected chi connectivity index (χ3v) is 2.01. The summed E-state index contributed by atoms with van der Waals surface area (Å²) in [6, 6.07) is 5.80. The number of ether oxygens (including phenoxy) is 1. The molecule has 0 aliphatic rings. The number of hydrogen-bond donors (Lipinski definition) is 0. The van der Waals surface area contributed by atoms with E-state index in [0.717, 1.165) is 17.0 Å². The zero-order chi connectivity index (χ0) is 13.7. The Kier molecular flexibility index (Phi) is 13.6. The maximum atomic E-state index is 5.08. The van der Waals surface area contributed by atoms with Crippen LogP contribution in [0.15, 0.2) is 23.2 Å². The van der Waals surface area contributed by atoms with Gasteiger partial charge in [0.1, 0.15) is 11.4 Å². The van der Waals surface area contributed by atoms with Gasteiger partial charge in [-0.05, 0) is 31.3 Å². The highest BCUT2D eigenvalue weighted by molar-refractivity contribution is 5.56. The van der Waals surface area contributed by atoms with Gasteiger partial charge in [0.25, 0.3) is 0 Å². The molecule has 0 aliphatic heterocycles. The van der Waals surface area contributed by atoms with Gasteiger partial charge in [0, 0.05) is 0 Å². The number of nitrogens with zero attached hydrogens (tertiary/aromatic N) is 1. The van der Waals surface area contributed by atoms with E-state index in [1.165, 1.54) is 12.8 Å². The van der Waals surface area contributed by atoms with E-state index in [1.807, 2.05) is 39.0 Å².